The average Bonchev–Trinajstić information content (AvgIpc) is 2.23. The Morgan fingerprint density at radius 1 is 1.27 bits per heavy atom. The Morgan fingerprint density at radius 2 is 2.00 bits per heavy atom. The summed E-state index contributed by atoms with van der Waals surface area (Å²) in [6.07, 6.45) is 1.28. The van der Waals surface area contributed by atoms with Crippen LogP contribution in [0.5, 0.6) is 5.75 Å². The minimum Gasteiger partial charge on any atom is -0.489 e. The summed E-state index contributed by atoms with van der Waals surface area (Å²) in [7, 11) is 1.95. The van der Waals surface area contributed by atoms with Gasteiger partial charge in [-0.3, -0.25) is 0 Å². The van der Waals surface area contributed by atoms with E-state index >= 15 is 0 Å². The van der Waals surface area contributed by atoms with Gasteiger partial charge in [0.2, 0.25) is 0 Å². The van der Waals surface area contributed by atoms with Crippen LogP contribution in [0.2, 0.25) is 0 Å². The fourth-order valence-electron chi connectivity index (χ4n) is 1.48. The summed E-state index contributed by atoms with van der Waals surface area (Å²) in [6, 6.07) is 6.26. The number of hydrogen-bond donors (Lipinski definition) is 1. The summed E-state index contributed by atoms with van der Waals surface area (Å²) in [5.74, 6) is 0.972. The van der Waals surface area contributed by atoms with Gasteiger partial charge >= 0.3 is 0 Å². The molecule has 0 aliphatic heterocycles. The highest BCUT2D eigenvalue weighted by atomic mass is 16.5. The van der Waals surface area contributed by atoms with Gasteiger partial charge in [-0.15, -0.1) is 0 Å². The molecular formula is C13H21NO. The lowest BCUT2D eigenvalue weighted by Crippen LogP contribution is -2.28. The number of rotatable bonds is 5. The fraction of sp³-hybridized carbons (Fsp3) is 0.538. The fourth-order valence-corrected chi connectivity index (χ4v) is 1.48. The summed E-state index contributed by atoms with van der Waals surface area (Å²) >= 11 is 0. The zero-order valence-electron chi connectivity index (χ0n) is 10.1. The van der Waals surface area contributed by atoms with E-state index in [1.165, 1.54) is 11.1 Å². The van der Waals surface area contributed by atoms with Crippen molar-refractivity contribution in [3.8, 4) is 5.75 Å². The van der Waals surface area contributed by atoms with Gasteiger partial charge in [0.15, 0.2) is 0 Å². The second-order valence-electron chi connectivity index (χ2n) is 3.95. The quantitative estimate of drug-likeness (QED) is 0.801. The van der Waals surface area contributed by atoms with E-state index in [-0.39, 0.29) is 6.10 Å². The number of hydrogen-bond acceptors (Lipinski definition) is 2. The van der Waals surface area contributed by atoms with Crippen LogP contribution in [-0.4, -0.2) is 19.7 Å². The third-order valence-corrected chi connectivity index (χ3v) is 2.67. The minimum absolute atomic E-state index is 0.261. The molecule has 0 amide bonds. The van der Waals surface area contributed by atoms with E-state index in [9.17, 15) is 0 Å². The van der Waals surface area contributed by atoms with E-state index in [0.717, 1.165) is 18.7 Å². The third kappa shape index (κ3) is 3.56. The van der Waals surface area contributed by atoms with Crippen molar-refractivity contribution in [3.63, 3.8) is 0 Å². The van der Waals surface area contributed by atoms with Crippen molar-refractivity contribution in [2.75, 3.05) is 13.6 Å². The predicted molar refractivity (Wildman–Crippen MR) is 64.5 cm³/mol. The van der Waals surface area contributed by atoms with E-state index in [0.29, 0.717) is 0 Å². The van der Waals surface area contributed by atoms with Gasteiger partial charge in [0, 0.05) is 6.54 Å². The van der Waals surface area contributed by atoms with Crippen LogP contribution in [0.4, 0.5) is 0 Å². The summed E-state index contributed by atoms with van der Waals surface area (Å²) in [6.45, 7) is 7.26. The number of benzene rings is 1. The van der Waals surface area contributed by atoms with Crippen LogP contribution in [0.15, 0.2) is 18.2 Å². The molecule has 0 aliphatic carbocycles. The van der Waals surface area contributed by atoms with Gasteiger partial charge in [0.05, 0.1) is 0 Å². The van der Waals surface area contributed by atoms with Gasteiger partial charge in [-0.25, -0.2) is 0 Å². The lowest BCUT2D eigenvalue weighted by molar-refractivity contribution is 0.196. The van der Waals surface area contributed by atoms with Crippen molar-refractivity contribution in [1.82, 2.24) is 5.32 Å². The molecule has 0 aromatic heterocycles. The van der Waals surface area contributed by atoms with Crippen molar-refractivity contribution in [2.24, 2.45) is 0 Å². The molecule has 0 bridgehead atoms. The number of ether oxygens (including phenoxy) is 1. The van der Waals surface area contributed by atoms with Gasteiger partial charge < -0.3 is 10.1 Å². The van der Waals surface area contributed by atoms with E-state index in [1.54, 1.807) is 0 Å². The first-order chi connectivity index (χ1) is 7.17. The number of likely N-dealkylation sites (N-methyl/N-ethyl adjacent to an activating group) is 1. The summed E-state index contributed by atoms with van der Waals surface area (Å²) < 4.78 is 5.88. The Morgan fingerprint density at radius 3 is 2.53 bits per heavy atom. The van der Waals surface area contributed by atoms with Crippen LogP contribution in [0.1, 0.15) is 24.5 Å². The van der Waals surface area contributed by atoms with E-state index in [4.69, 9.17) is 4.74 Å². The van der Waals surface area contributed by atoms with E-state index < -0.39 is 0 Å². The smallest absolute Gasteiger partial charge is 0.120 e. The lowest BCUT2D eigenvalue weighted by Gasteiger charge is -2.17. The summed E-state index contributed by atoms with van der Waals surface area (Å²) in [4.78, 5) is 0. The topological polar surface area (TPSA) is 21.3 Å². The maximum absolute atomic E-state index is 5.88. The molecule has 1 aromatic rings. The first-order valence-electron chi connectivity index (χ1n) is 5.56. The Hall–Kier alpha value is -1.02. The van der Waals surface area contributed by atoms with Crippen LogP contribution >= 0.6 is 0 Å². The third-order valence-electron chi connectivity index (χ3n) is 2.67. The molecule has 0 saturated heterocycles. The predicted octanol–water partition coefficient (Wildman–Crippen LogP) is 2.68. The van der Waals surface area contributed by atoms with Crippen LogP contribution in [-0.2, 0) is 0 Å². The molecule has 15 heavy (non-hydrogen) atoms. The Kier molecular flexibility index (Phi) is 4.63. The van der Waals surface area contributed by atoms with Crippen molar-refractivity contribution in [3.05, 3.63) is 29.3 Å². The second-order valence-corrected chi connectivity index (χ2v) is 3.95. The van der Waals surface area contributed by atoms with Crippen LogP contribution < -0.4 is 10.1 Å². The van der Waals surface area contributed by atoms with Gasteiger partial charge in [-0.2, -0.15) is 0 Å². The van der Waals surface area contributed by atoms with Crippen LogP contribution in [0.3, 0.4) is 0 Å². The number of aryl methyl sites for hydroxylation is 2. The molecule has 0 aliphatic rings. The molecular weight excluding hydrogens is 186 g/mol. The SMILES string of the molecule is CCC(CNC)Oc1ccc(C)c(C)c1. The minimum atomic E-state index is 0.261. The Balaban J connectivity index is 2.66. The molecule has 0 spiro atoms. The Bertz CT molecular complexity index is 309. The molecule has 1 N–H and O–H groups in total. The van der Waals surface area contributed by atoms with Gasteiger partial charge in [-0.05, 0) is 50.6 Å². The van der Waals surface area contributed by atoms with Crippen molar-refractivity contribution < 1.29 is 4.74 Å². The van der Waals surface area contributed by atoms with Crippen molar-refractivity contribution >= 4 is 0 Å². The Labute approximate surface area is 92.6 Å². The summed E-state index contributed by atoms with van der Waals surface area (Å²) in [5, 5.41) is 3.14. The number of nitrogens with one attached hydrogen (secondary N) is 1. The maximum Gasteiger partial charge on any atom is 0.120 e. The van der Waals surface area contributed by atoms with E-state index in [2.05, 4.69) is 38.2 Å². The van der Waals surface area contributed by atoms with Gasteiger partial charge in [-0.1, -0.05) is 13.0 Å². The molecule has 0 radical (unpaired) electrons. The molecule has 1 atom stereocenters. The molecule has 84 valence electrons. The molecule has 2 heteroatoms. The monoisotopic (exact) mass is 207 g/mol. The van der Waals surface area contributed by atoms with Gasteiger partial charge in [0.1, 0.15) is 11.9 Å². The molecule has 1 unspecified atom stereocenters. The highest BCUT2D eigenvalue weighted by Crippen LogP contribution is 2.18. The molecule has 0 saturated carbocycles. The highest BCUT2D eigenvalue weighted by molar-refractivity contribution is 5.33. The molecule has 0 fully saturated rings. The molecule has 1 rings (SSSR count). The standard InChI is InChI=1S/C13H21NO/c1-5-12(9-14-4)15-13-7-6-10(2)11(3)8-13/h6-8,12,14H,5,9H2,1-4H3. The molecule has 1 aromatic carbocycles. The second kappa shape index (κ2) is 5.76. The van der Waals surface area contributed by atoms with Crippen molar-refractivity contribution in [2.45, 2.75) is 33.3 Å². The van der Waals surface area contributed by atoms with E-state index in [1.807, 2.05) is 13.1 Å². The maximum atomic E-state index is 5.88. The molecule has 2 nitrogen and oxygen atoms in total. The van der Waals surface area contributed by atoms with Crippen LogP contribution in [0, 0.1) is 13.8 Å². The first-order valence-corrected chi connectivity index (χ1v) is 5.56. The zero-order chi connectivity index (χ0) is 11.3. The average molecular weight is 207 g/mol. The lowest BCUT2D eigenvalue weighted by atomic mass is 10.1. The van der Waals surface area contributed by atoms with Crippen LogP contribution in [0.25, 0.3) is 0 Å². The zero-order valence-corrected chi connectivity index (χ0v) is 10.1. The largest absolute Gasteiger partial charge is 0.489 e. The van der Waals surface area contributed by atoms with Crippen molar-refractivity contribution in [1.29, 1.82) is 0 Å². The normalized spacial score (nSPS) is 12.5. The highest BCUT2D eigenvalue weighted by Gasteiger charge is 2.06. The molecule has 0 heterocycles. The van der Waals surface area contributed by atoms with Gasteiger partial charge in [0.25, 0.3) is 0 Å². The first kappa shape index (κ1) is 12.1. The summed E-state index contributed by atoms with van der Waals surface area (Å²) in [5.41, 5.74) is 2.59.